The zero-order valence-corrected chi connectivity index (χ0v) is 4.64. The standard InChI is InChI=1S/C4H10N2O/c1-3-6-4-7-5-2/h4-5H,3H2,1-2H3. The average Bonchev–Trinajstić information content (AvgIpc) is 1.69. The van der Waals surface area contributed by atoms with Crippen molar-refractivity contribution in [2.24, 2.45) is 4.99 Å². The number of nitrogens with zero attached hydrogens (tertiary/aromatic N) is 1. The lowest BCUT2D eigenvalue weighted by atomic mass is 10.8. The Hall–Kier alpha value is -0.570. The van der Waals surface area contributed by atoms with E-state index in [0.717, 1.165) is 6.54 Å². The van der Waals surface area contributed by atoms with Gasteiger partial charge in [0.25, 0.3) is 0 Å². The lowest BCUT2D eigenvalue weighted by Gasteiger charge is -1.88. The number of nitrogens with one attached hydrogen (secondary N) is 1. The van der Waals surface area contributed by atoms with Gasteiger partial charge in [0, 0.05) is 13.6 Å². The molecule has 0 saturated heterocycles. The van der Waals surface area contributed by atoms with E-state index in [4.69, 9.17) is 0 Å². The van der Waals surface area contributed by atoms with Gasteiger partial charge in [0.2, 0.25) is 0 Å². The van der Waals surface area contributed by atoms with Crippen LogP contribution in [0.1, 0.15) is 6.92 Å². The zero-order chi connectivity index (χ0) is 5.54. The zero-order valence-electron chi connectivity index (χ0n) is 4.64. The third-order valence-electron chi connectivity index (χ3n) is 0.428. The summed E-state index contributed by atoms with van der Waals surface area (Å²) in [5.41, 5.74) is 2.45. The Bertz CT molecular complexity index is 53.7. The van der Waals surface area contributed by atoms with E-state index in [9.17, 15) is 0 Å². The molecule has 0 heterocycles. The van der Waals surface area contributed by atoms with E-state index >= 15 is 0 Å². The van der Waals surface area contributed by atoms with Crippen LogP contribution in [-0.2, 0) is 4.84 Å². The Morgan fingerprint density at radius 3 is 3.00 bits per heavy atom. The Morgan fingerprint density at radius 2 is 2.57 bits per heavy atom. The van der Waals surface area contributed by atoms with E-state index in [1.807, 2.05) is 6.92 Å². The van der Waals surface area contributed by atoms with Crippen LogP contribution < -0.4 is 5.48 Å². The van der Waals surface area contributed by atoms with E-state index in [2.05, 4.69) is 15.3 Å². The predicted molar refractivity (Wildman–Crippen MR) is 29.2 cm³/mol. The van der Waals surface area contributed by atoms with E-state index < -0.39 is 0 Å². The van der Waals surface area contributed by atoms with Crippen molar-refractivity contribution in [3.05, 3.63) is 0 Å². The van der Waals surface area contributed by atoms with Gasteiger partial charge in [-0.1, -0.05) is 0 Å². The fourth-order valence-corrected chi connectivity index (χ4v) is 0.165. The molecule has 3 heteroatoms. The number of aliphatic imine (C=N–C) groups is 1. The van der Waals surface area contributed by atoms with E-state index in [0.29, 0.717) is 0 Å². The lowest BCUT2D eigenvalue weighted by molar-refractivity contribution is 0.221. The average molecular weight is 102 g/mol. The van der Waals surface area contributed by atoms with E-state index in [-0.39, 0.29) is 0 Å². The molecule has 0 saturated carbocycles. The molecule has 0 aliphatic rings. The van der Waals surface area contributed by atoms with Crippen molar-refractivity contribution < 1.29 is 4.84 Å². The lowest BCUT2D eigenvalue weighted by Crippen LogP contribution is -2.04. The third-order valence-corrected chi connectivity index (χ3v) is 0.428. The molecule has 0 aromatic rings. The first-order chi connectivity index (χ1) is 3.41. The van der Waals surface area contributed by atoms with Gasteiger partial charge in [-0.3, -0.25) is 4.99 Å². The third kappa shape index (κ3) is 5.43. The first-order valence-electron chi connectivity index (χ1n) is 2.22. The summed E-state index contributed by atoms with van der Waals surface area (Å²) in [6.45, 7) is 2.71. The van der Waals surface area contributed by atoms with Gasteiger partial charge in [-0.25, -0.2) is 0 Å². The highest BCUT2D eigenvalue weighted by molar-refractivity contribution is 5.45. The second-order valence-electron chi connectivity index (χ2n) is 0.926. The van der Waals surface area contributed by atoms with Gasteiger partial charge in [-0.15, -0.1) is 0 Å². The minimum atomic E-state index is 0.766. The number of hydroxylamine groups is 1. The maximum Gasteiger partial charge on any atom is 0.196 e. The van der Waals surface area contributed by atoms with Crippen LogP contribution in [0, 0.1) is 0 Å². The van der Waals surface area contributed by atoms with Crippen molar-refractivity contribution in [1.82, 2.24) is 5.48 Å². The van der Waals surface area contributed by atoms with Crippen LogP contribution >= 0.6 is 0 Å². The van der Waals surface area contributed by atoms with Gasteiger partial charge in [-0.05, 0) is 6.92 Å². The van der Waals surface area contributed by atoms with Crippen molar-refractivity contribution in [3.63, 3.8) is 0 Å². The van der Waals surface area contributed by atoms with Gasteiger partial charge in [0.15, 0.2) is 6.40 Å². The van der Waals surface area contributed by atoms with Crippen molar-refractivity contribution >= 4 is 6.40 Å². The van der Waals surface area contributed by atoms with Crippen molar-refractivity contribution in [1.29, 1.82) is 0 Å². The van der Waals surface area contributed by atoms with Crippen molar-refractivity contribution in [2.45, 2.75) is 6.92 Å². The van der Waals surface area contributed by atoms with Crippen molar-refractivity contribution in [2.75, 3.05) is 13.6 Å². The SMILES string of the molecule is CCN=CONC. The van der Waals surface area contributed by atoms with Gasteiger partial charge in [0.05, 0.1) is 0 Å². The molecule has 0 radical (unpaired) electrons. The summed E-state index contributed by atoms with van der Waals surface area (Å²) < 4.78 is 0. The molecule has 0 aliphatic carbocycles. The molecule has 0 atom stereocenters. The van der Waals surface area contributed by atoms with Crippen LogP contribution in [0.2, 0.25) is 0 Å². The second-order valence-corrected chi connectivity index (χ2v) is 0.926. The van der Waals surface area contributed by atoms with Crippen LogP contribution in [0.15, 0.2) is 4.99 Å². The Labute approximate surface area is 43.3 Å². The van der Waals surface area contributed by atoms with Crippen molar-refractivity contribution in [3.8, 4) is 0 Å². The van der Waals surface area contributed by atoms with Gasteiger partial charge in [0.1, 0.15) is 0 Å². The molecule has 0 aromatic heterocycles. The molecular weight excluding hydrogens is 92.1 g/mol. The highest BCUT2D eigenvalue weighted by Crippen LogP contribution is 1.60. The highest BCUT2D eigenvalue weighted by atomic mass is 16.6. The highest BCUT2D eigenvalue weighted by Gasteiger charge is 1.63. The Kier molecular flexibility index (Phi) is 4.99. The molecule has 42 valence electrons. The molecule has 0 spiro atoms. The number of rotatable bonds is 3. The molecule has 0 fully saturated rings. The van der Waals surface area contributed by atoms with Crippen LogP contribution in [0.4, 0.5) is 0 Å². The van der Waals surface area contributed by atoms with E-state index in [1.165, 1.54) is 6.40 Å². The molecule has 0 unspecified atom stereocenters. The number of hydrogen-bond donors (Lipinski definition) is 1. The molecule has 0 aliphatic heterocycles. The molecule has 3 nitrogen and oxygen atoms in total. The molecular formula is C4H10N2O. The molecule has 7 heavy (non-hydrogen) atoms. The molecule has 0 bridgehead atoms. The van der Waals surface area contributed by atoms with Gasteiger partial charge in [-0.2, -0.15) is 5.48 Å². The Balaban J connectivity index is 2.78. The summed E-state index contributed by atoms with van der Waals surface area (Å²) in [4.78, 5) is 8.28. The Morgan fingerprint density at radius 1 is 1.86 bits per heavy atom. The summed E-state index contributed by atoms with van der Waals surface area (Å²) >= 11 is 0. The van der Waals surface area contributed by atoms with E-state index in [1.54, 1.807) is 7.05 Å². The van der Waals surface area contributed by atoms with Gasteiger partial charge >= 0.3 is 0 Å². The minimum Gasteiger partial charge on any atom is -0.397 e. The number of hydrogen-bond acceptors (Lipinski definition) is 3. The smallest absolute Gasteiger partial charge is 0.196 e. The summed E-state index contributed by atoms with van der Waals surface area (Å²) in [5, 5.41) is 0. The van der Waals surface area contributed by atoms with Crippen LogP contribution in [0.3, 0.4) is 0 Å². The summed E-state index contributed by atoms with van der Waals surface area (Å²) in [6.07, 6.45) is 1.38. The van der Waals surface area contributed by atoms with Crippen LogP contribution in [0.5, 0.6) is 0 Å². The largest absolute Gasteiger partial charge is 0.397 e. The summed E-state index contributed by atoms with van der Waals surface area (Å²) in [5.74, 6) is 0. The molecule has 1 N–H and O–H groups in total. The quantitative estimate of drug-likeness (QED) is 0.313. The topological polar surface area (TPSA) is 33.6 Å². The van der Waals surface area contributed by atoms with Crippen LogP contribution in [0.25, 0.3) is 0 Å². The van der Waals surface area contributed by atoms with Gasteiger partial charge < -0.3 is 4.84 Å². The summed E-state index contributed by atoms with van der Waals surface area (Å²) in [7, 11) is 1.68. The van der Waals surface area contributed by atoms with Crippen LogP contribution in [-0.4, -0.2) is 20.0 Å². The normalized spacial score (nSPS) is 10.0. The molecule has 0 rings (SSSR count). The first kappa shape index (κ1) is 6.43. The monoisotopic (exact) mass is 102 g/mol. The summed E-state index contributed by atoms with van der Waals surface area (Å²) in [6, 6.07) is 0. The fourth-order valence-electron chi connectivity index (χ4n) is 0.165. The minimum absolute atomic E-state index is 0.766. The second kappa shape index (κ2) is 5.43. The molecule has 0 amide bonds. The first-order valence-corrected chi connectivity index (χ1v) is 2.22. The maximum absolute atomic E-state index is 4.53. The predicted octanol–water partition coefficient (Wildman–Crippen LogP) is 0.186. The maximum atomic E-state index is 4.53. The molecule has 0 aromatic carbocycles. The fraction of sp³-hybridized carbons (Fsp3) is 0.750.